The number of hydrogen-bond acceptors (Lipinski definition) is 8. The van der Waals surface area contributed by atoms with Gasteiger partial charge in [-0.2, -0.15) is 4.68 Å². The molecule has 0 bridgehead atoms. The molecule has 1 aliphatic heterocycles. The fourth-order valence-corrected chi connectivity index (χ4v) is 4.35. The highest BCUT2D eigenvalue weighted by Gasteiger charge is 2.41. The molecule has 2 aromatic rings. The highest BCUT2D eigenvalue weighted by molar-refractivity contribution is 5.94. The zero-order valence-electron chi connectivity index (χ0n) is 20.2. The third-order valence-corrected chi connectivity index (χ3v) is 5.87. The Labute approximate surface area is 198 Å². The minimum absolute atomic E-state index is 0.0795. The maximum absolute atomic E-state index is 13.2. The second kappa shape index (κ2) is 8.95. The Bertz CT molecular complexity index is 1080. The number of aromatic nitrogens is 4. The molecule has 4 rings (SSSR count). The Morgan fingerprint density at radius 1 is 1.12 bits per heavy atom. The molecule has 11 nitrogen and oxygen atoms in total. The molecule has 11 heteroatoms. The monoisotopic (exact) mass is 473 g/mol. The predicted octanol–water partition coefficient (Wildman–Crippen LogP) is 4.29. The lowest BCUT2D eigenvalue weighted by molar-refractivity contribution is -0.179. The molecule has 1 saturated carbocycles. The van der Waals surface area contributed by atoms with Crippen molar-refractivity contribution < 1.29 is 28.9 Å². The first-order valence-corrected chi connectivity index (χ1v) is 11.4. The van der Waals surface area contributed by atoms with Crippen molar-refractivity contribution in [1.29, 1.82) is 0 Å². The van der Waals surface area contributed by atoms with Crippen LogP contribution in [0.25, 0.3) is 0 Å². The van der Waals surface area contributed by atoms with Crippen molar-refractivity contribution in [2.24, 2.45) is 0 Å². The molecule has 3 heterocycles. The summed E-state index contributed by atoms with van der Waals surface area (Å²) in [6, 6.07) is 3.17. The van der Waals surface area contributed by atoms with Crippen LogP contribution in [0.1, 0.15) is 69.6 Å². The van der Waals surface area contributed by atoms with Gasteiger partial charge < -0.3 is 19.3 Å². The van der Waals surface area contributed by atoms with E-state index in [1.807, 2.05) is 6.92 Å². The molecule has 1 saturated heterocycles. The highest BCUT2D eigenvalue weighted by atomic mass is 16.7. The summed E-state index contributed by atoms with van der Waals surface area (Å²) in [5.74, 6) is 0.586. The lowest BCUT2D eigenvalue weighted by Gasteiger charge is -2.35. The Morgan fingerprint density at radius 2 is 1.76 bits per heavy atom. The van der Waals surface area contributed by atoms with Gasteiger partial charge >= 0.3 is 12.2 Å². The van der Waals surface area contributed by atoms with E-state index < -0.39 is 23.6 Å². The Kier molecular flexibility index (Phi) is 6.34. The second-order valence-electron chi connectivity index (χ2n) is 9.76. The van der Waals surface area contributed by atoms with Crippen molar-refractivity contribution >= 4 is 23.8 Å². The molecular weight excluding hydrogens is 442 g/mol. The van der Waals surface area contributed by atoms with Gasteiger partial charge in [0.25, 0.3) is 0 Å². The van der Waals surface area contributed by atoms with Crippen LogP contribution in [-0.4, -0.2) is 61.6 Å². The average molecular weight is 474 g/mol. The molecule has 34 heavy (non-hydrogen) atoms. The Morgan fingerprint density at radius 3 is 2.32 bits per heavy atom. The molecule has 2 aliphatic rings. The van der Waals surface area contributed by atoms with Crippen LogP contribution in [0.2, 0.25) is 0 Å². The molecule has 1 N–H and O–H groups in total. The molecular formula is C23H31N5O6. The number of rotatable bonds is 3. The summed E-state index contributed by atoms with van der Waals surface area (Å²) in [7, 11) is 0. The van der Waals surface area contributed by atoms with Crippen molar-refractivity contribution in [3.8, 4) is 0 Å². The van der Waals surface area contributed by atoms with Crippen LogP contribution in [0, 0.1) is 13.8 Å². The van der Waals surface area contributed by atoms with E-state index in [1.54, 1.807) is 33.8 Å². The maximum atomic E-state index is 13.2. The molecule has 184 valence electrons. The van der Waals surface area contributed by atoms with Crippen molar-refractivity contribution in [1.82, 2.24) is 19.7 Å². The predicted molar refractivity (Wildman–Crippen MR) is 121 cm³/mol. The van der Waals surface area contributed by atoms with E-state index in [9.17, 15) is 14.7 Å². The quantitative estimate of drug-likeness (QED) is 0.694. The van der Waals surface area contributed by atoms with Gasteiger partial charge in [0, 0.05) is 36.6 Å². The maximum Gasteiger partial charge on any atom is 0.432 e. The fourth-order valence-electron chi connectivity index (χ4n) is 4.35. The molecule has 1 amide bonds. The normalized spacial score (nSPS) is 18.3. The van der Waals surface area contributed by atoms with E-state index in [-0.39, 0.29) is 17.6 Å². The van der Waals surface area contributed by atoms with Gasteiger partial charge in [0.1, 0.15) is 17.2 Å². The standard InChI is InChI=1S/C23H31N5O6/c1-14-12-17(25-19(24-14)16-6-8-23(9-7-16)32-10-11-33-23)27(21(31)34-22(3,4)5)18-13-15(2)28(26-18)20(29)30/h12-13,16H,6-11H2,1-5H3,(H,29,30). The first-order chi connectivity index (χ1) is 16.0. The molecule has 1 aliphatic carbocycles. The van der Waals surface area contributed by atoms with Crippen molar-refractivity contribution in [2.75, 3.05) is 18.1 Å². The van der Waals surface area contributed by atoms with Gasteiger partial charge in [-0.3, -0.25) is 0 Å². The van der Waals surface area contributed by atoms with E-state index in [4.69, 9.17) is 19.2 Å². The van der Waals surface area contributed by atoms with Crippen LogP contribution in [0.15, 0.2) is 12.1 Å². The smallest absolute Gasteiger partial charge is 0.432 e. The number of carboxylic acid groups (broad SMARTS) is 1. The van der Waals surface area contributed by atoms with Gasteiger partial charge in [-0.05, 0) is 47.5 Å². The molecule has 0 radical (unpaired) electrons. The van der Waals surface area contributed by atoms with Gasteiger partial charge in [-0.1, -0.05) is 0 Å². The summed E-state index contributed by atoms with van der Waals surface area (Å²) < 4.78 is 18.1. The number of carbonyl (C=O) groups excluding carboxylic acids is 1. The van der Waals surface area contributed by atoms with Crippen molar-refractivity contribution in [2.45, 2.75) is 77.6 Å². The van der Waals surface area contributed by atoms with E-state index >= 15 is 0 Å². The van der Waals surface area contributed by atoms with Crippen LogP contribution >= 0.6 is 0 Å². The SMILES string of the molecule is Cc1cc(N(C(=O)OC(C)(C)C)c2cc(C)n(C(=O)O)n2)nc(C2CCC3(CC2)OCCO3)n1. The van der Waals surface area contributed by atoms with Gasteiger partial charge in [-0.25, -0.2) is 24.5 Å². The van der Waals surface area contributed by atoms with Crippen molar-refractivity contribution in [3.05, 3.63) is 29.3 Å². The van der Waals surface area contributed by atoms with E-state index in [2.05, 4.69) is 10.1 Å². The molecule has 1 spiro atoms. The summed E-state index contributed by atoms with van der Waals surface area (Å²) in [6.07, 6.45) is 1.14. The largest absolute Gasteiger partial charge is 0.463 e. The second-order valence-corrected chi connectivity index (χ2v) is 9.76. The minimum atomic E-state index is -1.25. The lowest BCUT2D eigenvalue weighted by Crippen LogP contribution is -2.36. The molecule has 0 atom stereocenters. The number of carbonyl (C=O) groups is 2. The number of hydrogen-bond donors (Lipinski definition) is 1. The summed E-state index contributed by atoms with van der Waals surface area (Å²) in [6.45, 7) is 9.92. The van der Waals surface area contributed by atoms with E-state index in [1.165, 1.54) is 11.0 Å². The fraction of sp³-hybridized carbons (Fsp3) is 0.609. The van der Waals surface area contributed by atoms with Crippen LogP contribution < -0.4 is 4.90 Å². The number of aryl methyl sites for hydroxylation is 2. The van der Waals surface area contributed by atoms with Gasteiger partial charge in [0.15, 0.2) is 11.6 Å². The molecule has 0 unspecified atom stereocenters. The average Bonchev–Trinajstić information content (AvgIpc) is 3.34. The summed E-state index contributed by atoms with van der Waals surface area (Å²) in [4.78, 5) is 35.3. The summed E-state index contributed by atoms with van der Waals surface area (Å²) >= 11 is 0. The highest BCUT2D eigenvalue weighted by Crippen LogP contribution is 2.42. The molecule has 2 fully saturated rings. The minimum Gasteiger partial charge on any atom is -0.463 e. The number of nitrogens with zero attached hydrogens (tertiary/aromatic N) is 5. The number of anilines is 2. The van der Waals surface area contributed by atoms with Gasteiger partial charge in [0.2, 0.25) is 0 Å². The van der Waals surface area contributed by atoms with Gasteiger partial charge in [-0.15, -0.1) is 5.10 Å². The lowest BCUT2D eigenvalue weighted by atomic mass is 9.84. The van der Waals surface area contributed by atoms with Crippen molar-refractivity contribution in [3.63, 3.8) is 0 Å². The molecule has 0 aromatic carbocycles. The van der Waals surface area contributed by atoms with Crippen LogP contribution in [-0.2, 0) is 14.2 Å². The zero-order chi connectivity index (χ0) is 24.7. The summed E-state index contributed by atoms with van der Waals surface area (Å²) in [5, 5.41) is 13.5. The van der Waals surface area contributed by atoms with Gasteiger partial charge in [0.05, 0.1) is 18.9 Å². The first-order valence-electron chi connectivity index (χ1n) is 11.4. The van der Waals surface area contributed by atoms with E-state index in [0.717, 1.165) is 30.4 Å². The third kappa shape index (κ3) is 5.05. The van der Waals surface area contributed by atoms with Crippen LogP contribution in [0.5, 0.6) is 0 Å². The van der Waals surface area contributed by atoms with Crippen LogP contribution in [0.3, 0.4) is 0 Å². The summed E-state index contributed by atoms with van der Waals surface area (Å²) in [5.41, 5.74) is 0.261. The molecule has 2 aromatic heterocycles. The topological polar surface area (TPSA) is 129 Å². The first kappa shape index (κ1) is 24.1. The zero-order valence-corrected chi connectivity index (χ0v) is 20.2. The number of amides is 1. The van der Waals surface area contributed by atoms with E-state index in [0.29, 0.717) is 30.4 Å². The Balaban J connectivity index is 1.68. The number of ether oxygens (including phenoxy) is 3. The Hall–Kier alpha value is -3.05. The van der Waals surface area contributed by atoms with Crippen LogP contribution in [0.4, 0.5) is 21.2 Å². The third-order valence-electron chi connectivity index (χ3n) is 5.87.